The minimum atomic E-state index is -0.418. The van der Waals surface area contributed by atoms with E-state index in [-0.39, 0.29) is 17.9 Å². The smallest absolute Gasteiger partial charge is 0.250 e. The lowest BCUT2D eigenvalue weighted by Gasteiger charge is -2.13. The predicted octanol–water partition coefficient (Wildman–Crippen LogP) is 2.14. The maximum atomic E-state index is 12.3. The van der Waals surface area contributed by atoms with Crippen molar-refractivity contribution in [1.29, 1.82) is 0 Å². The normalized spacial score (nSPS) is 24.8. The Balaban J connectivity index is 1.83. The van der Waals surface area contributed by atoms with Gasteiger partial charge in [-0.05, 0) is 22.9 Å². The van der Waals surface area contributed by atoms with Crippen LogP contribution in [-0.2, 0) is 9.59 Å². The van der Waals surface area contributed by atoms with Crippen molar-refractivity contribution in [2.24, 2.45) is 5.92 Å². The fourth-order valence-electron chi connectivity index (χ4n) is 2.75. The van der Waals surface area contributed by atoms with Gasteiger partial charge in [0.2, 0.25) is 5.91 Å². The molecule has 0 saturated carbocycles. The van der Waals surface area contributed by atoms with Gasteiger partial charge in [0.15, 0.2) is 0 Å². The molecule has 20 heavy (non-hydrogen) atoms. The highest BCUT2D eigenvalue weighted by atomic mass is 32.1. The van der Waals surface area contributed by atoms with Gasteiger partial charge in [-0.1, -0.05) is 12.1 Å². The summed E-state index contributed by atoms with van der Waals surface area (Å²) in [7, 11) is 0. The summed E-state index contributed by atoms with van der Waals surface area (Å²) in [6, 6.07) is 7.48. The van der Waals surface area contributed by atoms with Crippen molar-refractivity contribution in [3.8, 4) is 0 Å². The molecule has 2 amide bonds. The molecule has 1 fully saturated rings. The summed E-state index contributed by atoms with van der Waals surface area (Å²) in [6.07, 6.45) is 0. The van der Waals surface area contributed by atoms with Gasteiger partial charge in [-0.3, -0.25) is 9.59 Å². The average Bonchev–Trinajstić information content (AvgIpc) is 3.17. The second-order valence-electron chi connectivity index (χ2n) is 4.70. The zero-order chi connectivity index (χ0) is 13.7. The van der Waals surface area contributed by atoms with Crippen LogP contribution in [0.1, 0.15) is 15.8 Å². The van der Waals surface area contributed by atoms with Gasteiger partial charge < -0.3 is 10.6 Å². The van der Waals surface area contributed by atoms with Crippen molar-refractivity contribution < 1.29 is 9.59 Å². The number of hydrogen-bond donors (Lipinski definition) is 2. The van der Waals surface area contributed by atoms with E-state index in [1.807, 2.05) is 35.0 Å². The molecule has 4 rings (SSSR count). The van der Waals surface area contributed by atoms with Crippen molar-refractivity contribution >= 4 is 40.2 Å². The van der Waals surface area contributed by atoms with Crippen molar-refractivity contribution in [1.82, 2.24) is 10.6 Å². The highest BCUT2D eigenvalue weighted by molar-refractivity contribution is 7.11. The molecule has 2 unspecified atom stereocenters. The Hall–Kier alpha value is -1.92. The fraction of sp³-hybridized carbons (Fsp3) is 0.143. The molecule has 0 bridgehead atoms. The first-order valence-corrected chi connectivity index (χ1v) is 7.95. The van der Waals surface area contributed by atoms with Gasteiger partial charge in [-0.25, -0.2) is 0 Å². The summed E-state index contributed by atoms with van der Waals surface area (Å²) in [6.45, 7) is 0. The van der Waals surface area contributed by atoms with Crippen LogP contribution in [-0.4, -0.2) is 11.8 Å². The van der Waals surface area contributed by atoms with Crippen LogP contribution in [0.2, 0.25) is 0 Å². The van der Waals surface area contributed by atoms with Crippen LogP contribution in [0, 0.1) is 5.92 Å². The summed E-state index contributed by atoms with van der Waals surface area (Å²) >= 11 is 3.08. The number of amides is 2. The molecule has 0 spiro atoms. The van der Waals surface area contributed by atoms with Crippen LogP contribution in [0.15, 0.2) is 40.6 Å². The Bertz CT molecular complexity index is 716. The molecule has 1 saturated heterocycles. The third kappa shape index (κ3) is 1.58. The molecule has 2 aliphatic heterocycles. The molecule has 4 nitrogen and oxygen atoms in total. The highest BCUT2D eigenvalue weighted by Gasteiger charge is 2.49. The van der Waals surface area contributed by atoms with Crippen LogP contribution >= 0.6 is 22.7 Å². The Labute approximate surface area is 123 Å². The lowest BCUT2D eigenvalue weighted by atomic mass is 9.95. The number of hydrogen-bond acceptors (Lipinski definition) is 4. The van der Waals surface area contributed by atoms with Gasteiger partial charge in [-0.2, -0.15) is 0 Å². The molecule has 2 atom stereocenters. The van der Waals surface area contributed by atoms with Gasteiger partial charge in [0.1, 0.15) is 0 Å². The number of carbonyl (C=O) groups is 2. The standard InChI is InChI=1S/C14H10N2O2S2/c17-13-9-10(12(16-13)8-4-2-6-20-8)14(18)15-11(9)7-3-1-5-19-7/h1-6,9,11H,(H,15,18)(H,16,17). The van der Waals surface area contributed by atoms with Crippen molar-refractivity contribution in [2.75, 3.05) is 0 Å². The SMILES string of the molecule is O=C1NC(c2cccs2)C2C(=O)NC(c3cccs3)=C12. The van der Waals surface area contributed by atoms with E-state index >= 15 is 0 Å². The monoisotopic (exact) mass is 302 g/mol. The molecule has 2 N–H and O–H groups in total. The van der Waals surface area contributed by atoms with Crippen LogP contribution in [0.25, 0.3) is 5.70 Å². The van der Waals surface area contributed by atoms with Gasteiger partial charge in [0, 0.05) is 4.88 Å². The first kappa shape index (κ1) is 11.9. The lowest BCUT2D eigenvalue weighted by molar-refractivity contribution is -0.122. The molecule has 0 aliphatic carbocycles. The Morgan fingerprint density at radius 1 is 1.05 bits per heavy atom. The summed E-state index contributed by atoms with van der Waals surface area (Å²) in [5.41, 5.74) is 1.25. The van der Waals surface area contributed by atoms with E-state index in [0.29, 0.717) is 11.3 Å². The zero-order valence-electron chi connectivity index (χ0n) is 10.3. The number of thiophene rings is 2. The van der Waals surface area contributed by atoms with Crippen LogP contribution < -0.4 is 10.6 Å². The summed E-state index contributed by atoms with van der Waals surface area (Å²) in [5, 5.41) is 9.70. The van der Waals surface area contributed by atoms with Crippen LogP contribution in [0.3, 0.4) is 0 Å². The second-order valence-corrected chi connectivity index (χ2v) is 6.63. The maximum Gasteiger partial charge on any atom is 0.250 e. The molecular formula is C14H10N2O2S2. The summed E-state index contributed by atoms with van der Waals surface area (Å²) < 4.78 is 0. The molecule has 0 radical (unpaired) electrons. The van der Waals surface area contributed by atoms with Gasteiger partial charge in [0.05, 0.1) is 28.1 Å². The van der Waals surface area contributed by atoms with Gasteiger partial charge >= 0.3 is 0 Å². The lowest BCUT2D eigenvalue weighted by Crippen LogP contribution is -2.29. The average molecular weight is 302 g/mol. The van der Waals surface area contributed by atoms with E-state index in [1.54, 1.807) is 11.3 Å². The van der Waals surface area contributed by atoms with Crippen molar-refractivity contribution in [2.45, 2.75) is 6.04 Å². The summed E-state index contributed by atoms with van der Waals surface area (Å²) in [5.74, 6) is -0.659. The molecular weight excluding hydrogens is 292 g/mol. The van der Waals surface area contributed by atoms with E-state index in [9.17, 15) is 9.59 Å². The predicted molar refractivity (Wildman–Crippen MR) is 78.1 cm³/mol. The van der Waals surface area contributed by atoms with Crippen LogP contribution in [0.5, 0.6) is 0 Å². The third-order valence-corrected chi connectivity index (χ3v) is 5.44. The molecule has 4 heterocycles. The number of carbonyl (C=O) groups excluding carboxylic acids is 2. The molecule has 100 valence electrons. The molecule has 2 aromatic heterocycles. The van der Waals surface area contributed by atoms with Crippen LogP contribution in [0.4, 0.5) is 0 Å². The first-order valence-electron chi connectivity index (χ1n) is 6.19. The minimum Gasteiger partial charge on any atom is -0.343 e. The second kappa shape index (κ2) is 4.29. The minimum absolute atomic E-state index is 0.0971. The fourth-order valence-corrected chi connectivity index (χ4v) is 4.30. The third-order valence-electron chi connectivity index (χ3n) is 3.59. The van der Waals surface area contributed by atoms with Crippen molar-refractivity contribution in [3.63, 3.8) is 0 Å². The number of nitrogens with one attached hydrogen (secondary N) is 2. The molecule has 6 heteroatoms. The molecule has 0 aromatic carbocycles. The highest BCUT2D eigenvalue weighted by Crippen LogP contribution is 2.43. The number of fused-ring (bicyclic) bond motifs is 1. The van der Waals surface area contributed by atoms with Gasteiger partial charge in [0.25, 0.3) is 5.91 Å². The van der Waals surface area contributed by atoms with E-state index in [0.717, 1.165) is 9.75 Å². The van der Waals surface area contributed by atoms with E-state index in [4.69, 9.17) is 0 Å². The van der Waals surface area contributed by atoms with E-state index < -0.39 is 5.92 Å². The summed E-state index contributed by atoms with van der Waals surface area (Å²) in [4.78, 5) is 26.5. The Kier molecular flexibility index (Phi) is 2.55. The largest absolute Gasteiger partial charge is 0.343 e. The topological polar surface area (TPSA) is 58.2 Å². The van der Waals surface area contributed by atoms with Gasteiger partial charge in [-0.15, -0.1) is 22.7 Å². The Morgan fingerprint density at radius 2 is 1.85 bits per heavy atom. The molecule has 2 aromatic rings. The molecule has 2 aliphatic rings. The van der Waals surface area contributed by atoms with E-state index in [2.05, 4.69) is 10.6 Å². The van der Waals surface area contributed by atoms with E-state index in [1.165, 1.54) is 11.3 Å². The first-order chi connectivity index (χ1) is 9.75. The number of rotatable bonds is 2. The Morgan fingerprint density at radius 3 is 2.55 bits per heavy atom. The quantitative estimate of drug-likeness (QED) is 0.893. The zero-order valence-corrected chi connectivity index (χ0v) is 11.9. The maximum absolute atomic E-state index is 12.3. The van der Waals surface area contributed by atoms with Crippen molar-refractivity contribution in [3.05, 3.63) is 50.4 Å².